The lowest BCUT2D eigenvalue weighted by atomic mass is 10.1. The molecule has 0 spiro atoms. The number of nitro groups is 1. The average molecular weight is 538 g/mol. The molecule has 1 aliphatic heterocycles. The summed E-state index contributed by atoms with van der Waals surface area (Å²) in [5.41, 5.74) is 2.37. The van der Waals surface area contributed by atoms with E-state index in [2.05, 4.69) is 15.2 Å². The summed E-state index contributed by atoms with van der Waals surface area (Å²) in [5, 5.41) is 15.7. The number of likely N-dealkylation sites (N-methyl/N-ethyl adjacent to an activating group) is 1. The molecule has 1 amide bonds. The zero-order valence-corrected chi connectivity index (χ0v) is 21.8. The van der Waals surface area contributed by atoms with Crippen LogP contribution in [0.3, 0.4) is 0 Å². The molecule has 1 aromatic heterocycles. The molecule has 3 aromatic carbocycles. The molecule has 1 aliphatic rings. The summed E-state index contributed by atoms with van der Waals surface area (Å²) in [6, 6.07) is 16.0. The highest BCUT2D eigenvalue weighted by molar-refractivity contribution is 7.21. The summed E-state index contributed by atoms with van der Waals surface area (Å²) >= 11 is 8.04. The van der Waals surface area contributed by atoms with Gasteiger partial charge in [0, 0.05) is 37.8 Å². The van der Waals surface area contributed by atoms with E-state index in [1.165, 1.54) is 19.2 Å². The van der Waals surface area contributed by atoms with E-state index in [9.17, 15) is 14.9 Å². The number of rotatable bonds is 6. The van der Waals surface area contributed by atoms with Gasteiger partial charge in [0.1, 0.15) is 16.4 Å². The molecule has 9 nitrogen and oxygen atoms in total. The number of nitrogens with zero attached hydrogens (tertiary/aromatic N) is 4. The number of carbonyl (C=O) groups excluding carboxylic acids is 1. The molecule has 0 unspecified atom stereocenters. The number of benzene rings is 3. The van der Waals surface area contributed by atoms with Gasteiger partial charge in [-0.2, -0.15) is 0 Å². The van der Waals surface area contributed by atoms with Crippen LogP contribution >= 0.6 is 22.9 Å². The van der Waals surface area contributed by atoms with Gasteiger partial charge in [-0.05, 0) is 43.4 Å². The van der Waals surface area contributed by atoms with Gasteiger partial charge in [0.25, 0.3) is 11.6 Å². The van der Waals surface area contributed by atoms with Crippen LogP contribution in [-0.2, 0) is 0 Å². The predicted octanol–water partition coefficient (Wildman–Crippen LogP) is 5.54. The largest absolute Gasteiger partial charge is 0.495 e. The minimum absolute atomic E-state index is 0.0127. The normalized spacial score (nSPS) is 14.1. The smallest absolute Gasteiger partial charge is 0.293 e. The third-order valence-electron chi connectivity index (χ3n) is 6.34. The standard InChI is InChI=1S/C26H24ClN5O4S/c1-30-9-11-31(12-10-30)21-15-18(27)17(14-22(21)32(34)35)25(33)28-20-13-16(7-8-23(20)36-2)26-29-19-5-3-4-6-24(19)37-26/h3-8,13-15H,9-12H2,1-2H3,(H,28,33). The lowest BCUT2D eigenvalue weighted by molar-refractivity contribution is -0.384. The van der Waals surface area contributed by atoms with Crippen LogP contribution in [0.5, 0.6) is 5.75 Å². The van der Waals surface area contributed by atoms with Crippen LogP contribution in [0, 0.1) is 10.1 Å². The number of amides is 1. The second-order valence-electron chi connectivity index (χ2n) is 8.72. The van der Waals surface area contributed by atoms with E-state index in [0.717, 1.165) is 33.9 Å². The molecule has 37 heavy (non-hydrogen) atoms. The molecule has 5 rings (SSSR count). The third kappa shape index (κ3) is 5.08. The summed E-state index contributed by atoms with van der Waals surface area (Å²) in [6.07, 6.45) is 0. The Morgan fingerprint density at radius 3 is 2.59 bits per heavy atom. The maximum Gasteiger partial charge on any atom is 0.293 e. The number of methoxy groups -OCH3 is 1. The zero-order valence-electron chi connectivity index (χ0n) is 20.2. The predicted molar refractivity (Wildman–Crippen MR) is 147 cm³/mol. The molecule has 4 aromatic rings. The second kappa shape index (κ2) is 10.3. The van der Waals surface area contributed by atoms with Crippen molar-refractivity contribution in [1.82, 2.24) is 9.88 Å². The Hall–Kier alpha value is -3.73. The maximum atomic E-state index is 13.3. The Labute approximate surface area is 222 Å². The van der Waals surface area contributed by atoms with Crippen molar-refractivity contribution in [3.63, 3.8) is 0 Å². The molecule has 1 fully saturated rings. The molecule has 0 aliphatic carbocycles. The number of nitrogens with one attached hydrogen (secondary N) is 1. The fourth-order valence-electron chi connectivity index (χ4n) is 4.30. The van der Waals surface area contributed by atoms with Gasteiger partial charge in [-0.25, -0.2) is 4.98 Å². The Balaban J connectivity index is 1.46. The fraction of sp³-hybridized carbons (Fsp3) is 0.231. The monoisotopic (exact) mass is 537 g/mol. The van der Waals surface area contributed by atoms with Gasteiger partial charge in [-0.1, -0.05) is 23.7 Å². The molecule has 1 saturated heterocycles. The minimum atomic E-state index is -0.572. The Kier molecular flexibility index (Phi) is 6.96. The van der Waals surface area contributed by atoms with Crippen LogP contribution in [0.2, 0.25) is 5.02 Å². The number of fused-ring (bicyclic) bond motifs is 1. The summed E-state index contributed by atoms with van der Waals surface area (Å²) in [4.78, 5) is 33.5. The molecular weight excluding hydrogens is 514 g/mol. The van der Waals surface area contributed by atoms with E-state index in [1.54, 1.807) is 23.5 Å². The molecule has 0 atom stereocenters. The van der Waals surface area contributed by atoms with Crippen LogP contribution in [0.25, 0.3) is 20.8 Å². The van der Waals surface area contributed by atoms with Gasteiger partial charge in [0.2, 0.25) is 0 Å². The number of para-hydroxylation sites is 1. The number of halogens is 1. The summed E-state index contributed by atoms with van der Waals surface area (Å²) in [6.45, 7) is 2.83. The van der Waals surface area contributed by atoms with Crippen molar-refractivity contribution >= 4 is 56.1 Å². The average Bonchev–Trinajstić information content (AvgIpc) is 3.33. The lowest BCUT2D eigenvalue weighted by Gasteiger charge is -2.33. The number of nitro benzene ring substituents is 1. The van der Waals surface area contributed by atoms with Gasteiger partial charge in [0.05, 0.1) is 38.5 Å². The van der Waals surface area contributed by atoms with E-state index < -0.39 is 10.8 Å². The fourth-order valence-corrected chi connectivity index (χ4v) is 5.50. The number of hydrogen-bond acceptors (Lipinski definition) is 8. The number of ether oxygens (including phenoxy) is 1. The number of thiazole rings is 1. The number of hydrogen-bond donors (Lipinski definition) is 1. The van der Waals surface area contributed by atoms with Gasteiger partial charge in [-0.3, -0.25) is 14.9 Å². The van der Waals surface area contributed by atoms with E-state index in [0.29, 0.717) is 30.2 Å². The van der Waals surface area contributed by atoms with E-state index >= 15 is 0 Å². The minimum Gasteiger partial charge on any atom is -0.495 e. The Morgan fingerprint density at radius 1 is 1.14 bits per heavy atom. The van der Waals surface area contributed by atoms with Gasteiger partial charge < -0.3 is 19.9 Å². The summed E-state index contributed by atoms with van der Waals surface area (Å²) in [7, 11) is 3.51. The van der Waals surface area contributed by atoms with Crippen molar-refractivity contribution in [2.75, 3.05) is 50.6 Å². The quantitative estimate of drug-likeness (QED) is 0.254. The number of aromatic nitrogens is 1. The zero-order chi connectivity index (χ0) is 26.1. The molecular formula is C26H24ClN5O4S. The summed E-state index contributed by atoms with van der Waals surface area (Å²) in [5.74, 6) is -0.129. The molecule has 0 radical (unpaired) electrons. The van der Waals surface area contributed by atoms with Crippen LogP contribution in [0.4, 0.5) is 17.1 Å². The molecule has 2 heterocycles. The summed E-state index contributed by atoms with van der Waals surface area (Å²) < 4.78 is 6.50. The van der Waals surface area contributed by atoms with Crippen LogP contribution < -0.4 is 15.0 Å². The van der Waals surface area contributed by atoms with Crippen LogP contribution in [0.1, 0.15) is 10.4 Å². The SMILES string of the molecule is COc1ccc(-c2nc3ccccc3s2)cc1NC(=O)c1cc([N+](=O)[O-])c(N2CCN(C)CC2)cc1Cl. The Bertz CT molecular complexity index is 1470. The van der Waals surface area contributed by atoms with Crippen molar-refractivity contribution in [3.05, 3.63) is 75.3 Å². The first kappa shape index (κ1) is 24.9. The lowest BCUT2D eigenvalue weighted by Crippen LogP contribution is -2.44. The van der Waals surface area contributed by atoms with Crippen molar-refractivity contribution in [1.29, 1.82) is 0 Å². The van der Waals surface area contributed by atoms with E-state index in [4.69, 9.17) is 16.3 Å². The Morgan fingerprint density at radius 2 is 1.89 bits per heavy atom. The van der Waals surface area contributed by atoms with Crippen molar-refractivity contribution < 1.29 is 14.5 Å². The molecule has 11 heteroatoms. The van der Waals surface area contributed by atoms with E-state index in [-0.39, 0.29) is 16.3 Å². The molecule has 190 valence electrons. The first-order chi connectivity index (χ1) is 17.8. The van der Waals surface area contributed by atoms with Gasteiger partial charge >= 0.3 is 0 Å². The van der Waals surface area contributed by atoms with Gasteiger partial charge in [0.15, 0.2) is 0 Å². The highest BCUT2D eigenvalue weighted by Gasteiger charge is 2.27. The maximum absolute atomic E-state index is 13.3. The van der Waals surface area contributed by atoms with Gasteiger partial charge in [-0.15, -0.1) is 11.3 Å². The van der Waals surface area contributed by atoms with Crippen molar-refractivity contribution in [2.24, 2.45) is 0 Å². The van der Waals surface area contributed by atoms with E-state index in [1.807, 2.05) is 42.3 Å². The first-order valence-electron chi connectivity index (χ1n) is 11.6. The topological polar surface area (TPSA) is 101 Å². The van der Waals surface area contributed by atoms with Crippen LogP contribution in [0.15, 0.2) is 54.6 Å². The molecule has 1 N–H and O–H groups in total. The van der Waals surface area contributed by atoms with Crippen molar-refractivity contribution in [3.8, 4) is 16.3 Å². The first-order valence-corrected chi connectivity index (χ1v) is 12.8. The second-order valence-corrected chi connectivity index (χ2v) is 10.2. The number of piperazine rings is 1. The van der Waals surface area contributed by atoms with Crippen LogP contribution in [-0.4, -0.2) is 61.1 Å². The molecule has 0 saturated carbocycles. The third-order valence-corrected chi connectivity index (χ3v) is 7.74. The molecule has 0 bridgehead atoms. The highest BCUT2D eigenvalue weighted by atomic mass is 35.5. The number of carbonyl (C=O) groups is 1. The number of anilines is 2. The highest BCUT2D eigenvalue weighted by Crippen LogP contribution is 2.37. The van der Waals surface area contributed by atoms with Crippen molar-refractivity contribution in [2.45, 2.75) is 0 Å².